The topological polar surface area (TPSA) is 114 Å². The Kier molecular flexibility index (Phi) is 8.55. The van der Waals surface area contributed by atoms with E-state index in [2.05, 4.69) is 37.1 Å². The minimum atomic E-state index is -0.0197. The second-order valence-electron chi connectivity index (χ2n) is 10.6. The fourth-order valence-electron chi connectivity index (χ4n) is 6.70. The van der Waals surface area contributed by atoms with E-state index >= 15 is 0 Å². The molecule has 37 heavy (non-hydrogen) atoms. The number of hydrogen-bond donors (Lipinski definition) is 4. The molecule has 0 aromatic heterocycles. The van der Waals surface area contributed by atoms with E-state index in [0.717, 1.165) is 86.4 Å². The fraction of sp³-hybridized carbons (Fsp3) is 0.533. The van der Waals surface area contributed by atoms with Gasteiger partial charge in [0, 0.05) is 30.0 Å². The number of fused-ring (bicyclic) bond motifs is 2. The molecule has 200 valence electrons. The number of ketones is 1. The molecule has 1 amide bonds. The number of carbonyl (C=O) groups excluding carboxylic acids is 2. The maximum absolute atomic E-state index is 13.9. The van der Waals surface area contributed by atoms with Crippen LogP contribution in [-0.2, 0) is 22.5 Å². The Morgan fingerprint density at radius 2 is 1.89 bits per heavy atom. The number of Topliss-reactive ketones (excluding diaryl/α,β-unsaturated/α-hetero) is 1. The number of aromatic hydroxyl groups is 1. The minimum absolute atomic E-state index is 0.0197. The Bertz CT molecular complexity index is 1160. The predicted molar refractivity (Wildman–Crippen MR) is 145 cm³/mol. The Hall–Kier alpha value is -2.90. The average Bonchev–Trinajstić information content (AvgIpc) is 3.26. The summed E-state index contributed by atoms with van der Waals surface area (Å²) in [5.41, 5.74) is 11.8. The Morgan fingerprint density at radius 3 is 2.59 bits per heavy atom. The van der Waals surface area contributed by atoms with Crippen molar-refractivity contribution < 1.29 is 19.4 Å². The second kappa shape index (κ2) is 11.7. The smallest absolute Gasteiger partial charge is 0.204 e. The van der Waals surface area contributed by atoms with E-state index in [1.54, 1.807) is 6.07 Å². The number of phenols is 1. The highest BCUT2D eigenvalue weighted by atomic mass is 16.5. The van der Waals surface area contributed by atoms with Crippen LogP contribution in [0.3, 0.4) is 0 Å². The van der Waals surface area contributed by atoms with Gasteiger partial charge in [0.1, 0.15) is 17.3 Å². The molecule has 0 spiro atoms. The number of hydrogen-bond acceptors (Lipinski definition) is 6. The third kappa shape index (κ3) is 4.99. The van der Waals surface area contributed by atoms with Gasteiger partial charge in [-0.1, -0.05) is 18.6 Å². The van der Waals surface area contributed by atoms with Crippen LogP contribution in [0.2, 0.25) is 0 Å². The molecule has 5 rings (SSSR count). The van der Waals surface area contributed by atoms with Gasteiger partial charge in [-0.2, -0.15) is 0 Å². The van der Waals surface area contributed by atoms with Crippen molar-refractivity contribution in [1.29, 1.82) is 0 Å². The molecule has 0 bridgehead atoms. The first kappa shape index (κ1) is 27.1. The first-order chi connectivity index (χ1) is 17.9. The molecule has 1 aliphatic heterocycles. The quantitative estimate of drug-likeness (QED) is 0.309. The van der Waals surface area contributed by atoms with E-state index in [9.17, 15) is 9.90 Å². The summed E-state index contributed by atoms with van der Waals surface area (Å²) in [6, 6.07) is 3.68. The molecule has 1 aromatic rings. The van der Waals surface area contributed by atoms with Gasteiger partial charge in [-0.15, -0.1) is 0 Å². The Labute approximate surface area is 220 Å². The molecule has 7 nitrogen and oxygen atoms in total. The maximum Gasteiger partial charge on any atom is 0.204 e. The van der Waals surface area contributed by atoms with Gasteiger partial charge in [-0.3, -0.25) is 9.59 Å². The van der Waals surface area contributed by atoms with Crippen LogP contribution in [0.25, 0.3) is 0 Å². The molecule has 5 N–H and O–H groups in total. The predicted octanol–water partition coefficient (Wildman–Crippen LogP) is 4.26. The zero-order valence-electron chi connectivity index (χ0n) is 22.6. The number of unbranched alkanes of at least 4 members (excludes halogenated alkanes) is 1. The van der Waals surface area contributed by atoms with Crippen LogP contribution in [0.1, 0.15) is 74.4 Å². The van der Waals surface area contributed by atoms with Gasteiger partial charge in [-0.25, -0.2) is 0 Å². The van der Waals surface area contributed by atoms with E-state index in [-0.39, 0.29) is 29.8 Å². The van der Waals surface area contributed by atoms with Gasteiger partial charge in [-0.05, 0) is 101 Å². The lowest BCUT2D eigenvalue weighted by atomic mass is 9.61. The number of phenolic OH excluding ortho intramolecular Hbond substituents is 1. The van der Waals surface area contributed by atoms with E-state index < -0.39 is 0 Å². The molecule has 4 aliphatic rings. The summed E-state index contributed by atoms with van der Waals surface area (Å²) >= 11 is 0. The number of carbonyl (C=O) groups is 2. The van der Waals surface area contributed by atoms with Crippen molar-refractivity contribution in [2.75, 3.05) is 20.1 Å². The summed E-state index contributed by atoms with van der Waals surface area (Å²) in [5.74, 6) is 2.87. The molecule has 1 heterocycles. The highest BCUT2D eigenvalue weighted by Gasteiger charge is 2.51. The molecule has 3 aliphatic carbocycles. The molecule has 0 radical (unpaired) electrons. The molecular formula is C30H41N3O4. The molecule has 0 fully saturated rings. The summed E-state index contributed by atoms with van der Waals surface area (Å²) in [4.78, 5) is 22.5. The largest absolute Gasteiger partial charge is 0.507 e. The zero-order valence-corrected chi connectivity index (χ0v) is 22.6. The SMILES string of the molecule is CCC1=C2C(C)=C(C)CC3CC4Cc5c(CNCCCCNC)ccc(O)c5C(=O)C4=C(O1)C23.NC=O. The van der Waals surface area contributed by atoms with Gasteiger partial charge in [0.25, 0.3) is 0 Å². The number of benzene rings is 1. The standard InChI is InChI=1S/C29H38N2O3.CH3NO/c1-5-23-24-17(3)16(2)12-19-13-20-14-21-18(15-31-11-7-6-10-30-4)8-9-22(32)27(21)28(33)26(20)29(34-23)25(19)24;2-1-3/h8-9,19-20,25,30-32H,5-7,10-15H2,1-4H3;1H,(H2,2,3). The third-order valence-corrected chi connectivity index (χ3v) is 8.45. The van der Waals surface area contributed by atoms with E-state index in [0.29, 0.717) is 11.5 Å². The number of primary amides is 1. The molecule has 1 aromatic carbocycles. The van der Waals surface area contributed by atoms with Crippen molar-refractivity contribution >= 4 is 12.2 Å². The van der Waals surface area contributed by atoms with E-state index in [1.807, 2.05) is 13.1 Å². The Balaban J connectivity index is 0.00000102. The molecule has 3 unspecified atom stereocenters. The summed E-state index contributed by atoms with van der Waals surface area (Å²) in [6.45, 7) is 9.30. The van der Waals surface area contributed by atoms with Crippen LogP contribution in [0.4, 0.5) is 0 Å². The summed E-state index contributed by atoms with van der Waals surface area (Å²) < 4.78 is 6.49. The van der Waals surface area contributed by atoms with Crippen LogP contribution < -0.4 is 16.4 Å². The normalized spacial score (nSPS) is 23.7. The van der Waals surface area contributed by atoms with Crippen molar-refractivity contribution in [2.45, 2.75) is 65.8 Å². The van der Waals surface area contributed by atoms with Gasteiger partial charge >= 0.3 is 0 Å². The number of nitrogens with two attached hydrogens (primary N) is 1. The minimum Gasteiger partial charge on any atom is -0.507 e. The van der Waals surface area contributed by atoms with Crippen LogP contribution in [0, 0.1) is 17.8 Å². The summed E-state index contributed by atoms with van der Waals surface area (Å²) in [6.07, 6.45) is 6.23. The van der Waals surface area contributed by atoms with Crippen LogP contribution in [0.5, 0.6) is 5.75 Å². The van der Waals surface area contributed by atoms with E-state index in [1.165, 1.54) is 16.7 Å². The maximum atomic E-state index is 13.9. The molecule has 0 saturated carbocycles. The summed E-state index contributed by atoms with van der Waals surface area (Å²) in [7, 11) is 1.98. The first-order valence-corrected chi connectivity index (χ1v) is 13.6. The van der Waals surface area contributed by atoms with Crippen molar-refractivity contribution in [3.8, 4) is 5.75 Å². The summed E-state index contributed by atoms with van der Waals surface area (Å²) in [5, 5.41) is 17.5. The monoisotopic (exact) mass is 507 g/mol. The second-order valence-corrected chi connectivity index (χ2v) is 10.6. The third-order valence-electron chi connectivity index (χ3n) is 8.45. The van der Waals surface area contributed by atoms with Gasteiger partial charge < -0.3 is 26.2 Å². The Morgan fingerprint density at radius 1 is 1.16 bits per heavy atom. The fourth-order valence-corrected chi connectivity index (χ4v) is 6.70. The van der Waals surface area contributed by atoms with Crippen molar-refractivity contribution in [3.63, 3.8) is 0 Å². The molecule has 7 heteroatoms. The lowest BCUT2D eigenvalue weighted by Crippen LogP contribution is -2.37. The number of nitrogens with one attached hydrogen (secondary N) is 2. The average molecular weight is 508 g/mol. The van der Waals surface area contributed by atoms with Crippen molar-refractivity contribution in [3.05, 3.63) is 62.6 Å². The zero-order chi connectivity index (χ0) is 26.7. The molecular weight excluding hydrogens is 466 g/mol. The van der Waals surface area contributed by atoms with Crippen LogP contribution >= 0.6 is 0 Å². The lowest BCUT2D eigenvalue weighted by molar-refractivity contribution is -0.106. The van der Waals surface area contributed by atoms with Crippen LogP contribution in [0.15, 0.2) is 45.9 Å². The van der Waals surface area contributed by atoms with Gasteiger partial charge in [0.05, 0.1) is 5.56 Å². The van der Waals surface area contributed by atoms with Gasteiger partial charge in [0.2, 0.25) is 6.41 Å². The lowest BCUT2D eigenvalue weighted by Gasteiger charge is -2.41. The molecule has 0 saturated heterocycles. The number of allylic oxidation sites excluding steroid dienone is 5. The first-order valence-electron chi connectivity index (χ1n) is 13.6. The van der Waals surface area contributed by atoms with Crippen LogP contribution in [-0.4, -0.2) is 37.4 Å². The number of ether oxygens (including phenoxy) is 1. The number of rotatable bonds is 8. The highest BCUT2D eigenvalue weighted by molar-refractivity contribution is 6.13. The molecule has 3 atom stereocenters. The van der Waals surface area contributed by atoms with Gasteiger partial charge in [0.15, 0.2) is 5.78 Å². The van der Waals surface area contributed by atoms with Crippen molar-refractivity contribution in [2.24, 2.45) is 23.5 Å². The highest BCUT2D eigenvalue weighted by Crippen LogP contribution is 2.57. The number of amides is 1. The van der Waals surface area contributed by atoms with E-state index in [4.69, 9.17) is 9.53 Å². The van der Waals surface area contributed by atoms with Crippen molar-refractivity contribution in [1.82, 2.24) is 10.6 Å².